The molecule has 0 saturated heterocycles. The molecule has 4 unspecified atom stereocenters. The minimum Gasteiger partial charge on any atom is -0.299 e. The van der Waals surface area contributed by atoms with Gasteiger partial charge in [-0.2, -0.15) is 5.10 Å². The lowest BCUT2D eigenvalue weighted by Gasteiger charge is -2.38. The summed E-state index contributed by atoms with van der Waals surface area (Å²) < 4.78 is 24.0. The van der Waals surface area contributed by atoms with Crippen LogP contribution in [-0.4, -0.2) is 40.8 Å². The third-order valence-electron chi connectivity index (χ3n) is 6.55. The smallest absolute Gasteiger partial charge is 0.250 e. The van der Waals surface area contributed by atoms with E-state index in [4.69, 9.17) is 5.21 Å². The molecule has 0 aliphatic heterocycles. The van der Waals surface area contributed by atoms with E-state index >= 15 is 0 Å². The molecule has 2 fully saturated rings. The summed E-state index contributed by atoms with van der Waals surface area (Å²) >= 11 is 0. The summed E-state index contributed by atoms with van der Waals surface area (Å²) in [6, 6.07) is 0. The Bertz CT molecular complexity index is 797. The molecule has 156 valence electrons. The lowest BCUT2D eigenvalue weighted by Crippen LogP contribution is -2.41. The van der Waals surface area contributed by atoms with Gasteiger partial charge in [-0.1, -0.05) is 0 Å². The lowest BCUT2D eigenvalue weighted by atomic mass is 9.66. The van der Waals surface area contributed by atoms with Crippen LogP contribution in [0.2, 0.25) is 0 Å². The molecule has 1 aromatic rings. The first-order valence-corrected chi connectivity index (χ1v) is 11.3. The molecule has 2 aliphatic carbocycles. The van der Waals surface area contributed by atoms with Crippen molar-refractivity contribution in [2.45, 2.75) is 64.3 Å². The highest BCUT2D eigenvalue weighted by Crippen LogP contribution is 2.44. The van der Waals surface area contributed by atoms with E-state index in [-0.39, 0.29) is 18.1 Å². The number of aryl methyl sites for hydroxylation is 1. The third kappa shape index (κ3) is 4.63. The van der Waals surface area contributed by atoms with E-state index in [1.54, 1.807) is 10.2 Å². The fourth-order valence-electron chi connectivity index (χ4n) is 4.76. The number of hydrogen-bond acceptors (Lipinski definition) is 6. The highest BCUT2D eigenvalue weighted by molar-refractivity contribution is 7.72. The molecule has 0 aromatic carbocycles. The van der Waals surface area contributed by atoms with Crippen molar-refractivity contribution < 1.29 is 23.2 Å². The Morgan fingerprint density at radius 3 is 2.89 bits per heavy atom. The van der Waals surface area contributed by atoms with Gasteiger partial charge in [0, 0.05) is 25.1 Å². The van der Waals surface area contributed by atoms with Crippen molar-refractivity contribution >= 4 is 22.4 Å². The molecule has 28 heavy (non-hydrogen) atoms. The van der Waals surface area contributed by atoms with E-state index in [1.165, 1.54) is 6.92 Å². The molecule has 1 aromatic heterocycles. The van der Waals surface area contributed by atoms with Crippen LogP contribution in [0.15, 0.2) is 12.4 Å². The predicted molar refractivity (Wildman–Crippen MR) is 102 cm³/mol. The standard InChI is InChI=1S/C19H29N3O5S/c1-19(12-28(26)27,18(24)21-25)7-8-22-11-15(10-20-22)14-6-5-13-3-2-4-17(23)16(13)9-14/h10-11,13-14,16,25,28H,2-9,12H2,1H3,(H,21,24). The zero-order valence-corrected chi connectivity index (χ0v) is 17.1. The van der Waals surface area contributed by atoms with Crippen LogP contribution >= 0.6 is 0 Å². The number of hydroxylamine groups is 1. The van der Waals surface area contributed by atoms with Gasteiger partial charge in [0.15, 0.2) is 0 Å². The van der Waals surface area contributed by atoms with Crippen molar-refractivity contribution in [3.8, 4) is 0 Å². The monoisotopic (exact) mass is 411 g/mol. The Morgan fingerprint density at radius 2 is 2.18 bits per heavy atom. The fourth-order valence-corrected chi connectivity index (χ4v) is 5.63. The highest BCUT2D eigenvalue weighted by atomic mass is 32.2. The van der Waals surface area contributed by atoms with E-state index < -0.39 is 22.0 Å². The second-order valence-corrected chi connectivity index (χ2v) is 9.50. The normalized spacial score (nSPS) is 27.2. The Hall–Kier alpha value is -1.74. The first-order valence-electron chi connectivity index (χ1n) is 9.94. The molecule has 0 radical (unpaired) electrons. The van der Waals surface area contributed by atoms with Crippen LogP contribution in [0.25, 0.3) is 0 Å². The summed E-state index contributed by atoms with van der Waals surface area (Å²) in [5, 5.41) is 13.3. The first kappa shape index (κ1) is 21.0. The molecule has 2 saturated carbocycles. The number of aromatic nitrogens is 2. The average Bonchev–Trinajstić information content (AvgIpc) is 3.14. The van der Waals surface area contributed by atoms with Crippen molar-refractivity contribution in [1.29, 1.82) is 0 Å². The number of nitrogens with zero attached hydrogens (tertiary/aromatic N) is 2. The van der Waals surface area contributed by atoms with Crippen LogP contribution in [0.3, 0.4) is 0 Å². The SMILES string of the molecule is CC(CCn1cc(C2CCC3CCCC(=O)C3C2)cn1)(C[SH](=O)=O)C(=O)NO. The summed E-state index contributed by atoms with van der Waals surface area (Å²) in [5.74, 6) is 0.399. The number of nitrogens with one attached hydrogen (secondary N) is 1. The van der Waals surface area contributed by atoms with Gasteiger partial charge in [0.2, 0.25) is 5.91 Å². The molecule has 3 rings (SSSR count). The number of amides is 1. The maximum Gasteiger partial charge on any atom is 0.250 e. The third-order valence-corrected chi connectivity index (χ3v) is 7.51. The van der Waals surface area contributed by atoms with Gasteiger partial charge in [0.1, 0.15) is 16.5 Å². The molecule has 1 heterocycles. The maximum absolute atomic E-state index is 12.3. The molecule has 2 aliphatic rings. The van der Waals surface area contributed by atoms with Crippen molar-refractivity contribution in [1.82, 2.24) is 15.3 Å². The lowest BCUT2D eigenvalue weighted by molar-refractivity contribution is -0.138. The van der Waals surface area contributed by atoms with Crippen LogP contribution in [0.1, 0.15) is 63.4 Å². The van der Waals surface area contributed by atoms with E-state index in [9.17, 15) is 18.0 Å². The maximum atomic E-state index is 12.3. The van der Waals surface area contributed by atoms with Crippen LogP contribution < -0.4 is 5.48 Å². The number of fused-ring (bicyclic) bond motifs is 1. The Kier molecular flexibility index (Phi) is 6.54. The molecule has 4 atom stereocenters. The van der Waals surface area contributed by atoms with Crippen molar-refractivity contribution in [3.05, 3.63) is 18.0 Å². The summed E-state index contributed by atoms with van der Waals surface area (Å²) in [6.07, 6.45) is 9.91. The van der Waals surface area contributed by atoms with Crippen LogP contribution in [-0.2, 0) is 26.8 Å². The predicted octanol–water partition coefficient (Wildman–Crippen LogP) is 1.65. The van der Waals surface area contributed by atoms with Gasteiger partial charge in [-0.25, -0.2) is 13.9 Å². The zero-order chi connectivity index (χ0) is 20.3. The van der Waals surface area contributed by atoms with Crippen LogP contribution in [0, 0.1) is 17.3 Å². The topological polar surface area (TPSA) is 118 Å². The molecule has 9 heteroatoms. The molecule has 0 spiro atoms. The zero-order valence-electron chi connectivity index (χ0n) is 16.2. The van der Waals surface area contributed by atoms with E-state index in [0.717, 1.165) is 37.7 Å². The number of rotatable bonds is 7. The molecular weight excluding hydrogens is 382 g/mol. The molecule has 8 nitrogen and oxygen atoms in total. The number of carbonyl (C=O) groups excluding carboxylic acids is 2. The van der Waals surface area contributed by atoms with Crippen molar-refractivity contribution in [2.24, 2.45) is 17.3 Å². The van der Waals surface area contributed by atoms with Gasteiger partial charge in [0.25, 0.3) is 0 Å². The molecule has 1 amide bonds. The average molecular weight is 412 g/mol. The molecular formula is C19H29N3O5S. The number of carbonyl (C=O) groups is 2. The van der Waals surface area contributed by atoms with Crippen molar-refractivity contribution in [2.75, 3.05) is 5.75 Å². The quantitative estimate of drug-likeness (QED) is 0.357. The van der Waals surface area contributed by atoms with Gasteiger partial charge in [-0.3, -0.25) is 19.5 Å². The number of Topliss-reactive ketones (excluding diaryl/α,β-unsaturated/α-hetero) is 1. The first-order chi connectivity index (χ1) is 13.3. The van der Waals surface area contributed by atoms with Gasteiger partial charge < -0.3 is 0 Å². The second-order valence-electron chi connectivity index (χ2n) is 8.51. The van der Waals surface area contributed by atoms with Crippen LogP contribution in [0.5, 0.6) is 0 Å². The number of hydrogen-bond donors (Lipinski definition) is 3. The summed E-state index contributed by atoms with van der Waals surface area (Å²) in [7, 11) is -2.76. The van der Waals surface area contributed by atoms with Crippen molar-refractivity contribution in [3.63, 3.8) is 0 Å². The molecule has 2 N–H and O–H groups in total. The summed E-state index contributed by atoms with van der Waals surface area (Å²) in [4.78, 5) is 24.2. The van der Waals surface area contributed by atoms with E-state index in [1.807, 2.05) is 12.4 Å². The Morgan fingerprint density at radius 1 is 1.39 bits per heavy atom. The number of ketones is 1. The minimum atomic E-state index is -2.76. The minimum absolute atomic E-state index is 0.181. The summed E-state index contributed by atoms with van der Waals surface area (Å²) in [6.45, 7) is 1.88. The fraction of sp³-hybridized carbons (Fsp3) is 0.737. The Balaban J connectivity index is 1.63. The molecule has 0 bridgehead atoms. The second kappa shape index (κ2) is 8.73. The summed E-state index contributed by atoms with van der Waals surface area (Å²) in [5.41, 5.74) is 1.44. The van der Waals surface area contributed by atoms with E-state index in [0.29, 0.717) is 30.6 Å². The Labute approximate surface area is 166 Å². The van der Waals surface area contributed by atoms with Gasteiger partial charge in [-0.15, -0.1) is 0 Å². The van der Waals surface area contributed by atoms with E-state index in [2.05, 4.69) is 5.10 Å². The van der Waals surface area contributed by atoms with Crippen LogP contribution in [0.4, 0.5) is 0 Å². The van der Waals surface area contributed by atoms with Gasteiger partial charge in [-0.05, 0) is 62.8 Å². The highest BCUT2D eigenvalue weighted by Gasteiger charge is 2.38. The van der Waals surface area contributed by atoms with Gasteiger partial charge >= 0.3 is 0 Å². The van der Waals surface area contributed by atoms with Gasteiger partial charge in [0.05, 0.1) is 17.4 Å². The number of thiol groups is 1. The largest absolute Gasteiger partial charge is 0.299 e.